The molecule has 1 aliphatic rings. The molecule has 0 unspecified atom stereocenters. The molecule has 0 bridgehead atoms. The van der Waals surface area contributed by atoms with Gasteiger partial charge in [0.1, 0.15) is 16.4 Å². The quantitative estimate of drug-likeness (QED) is 0.547. The van der Waals surface area contributed by atoms with Crippen molar-refractivity contribution >= 4 is 27.5 Å². The molecule has 1 aliphatic carbocycles. The van der Waals surface area contributed by atoms with E-state index < -0.39 is 5.97 Å². The van der Waals surface area contributed by atoms with Crippen molar-refractivity contribution in [2.24, 2.45) is 0 Å². The second-order valence-corrected chi connectivity index (χ2v) is 8.39. The number of furan rings is 1. The predicted molar refractivity (Wildman–Crippen MR) is 111 cm³/mol. The van der Waals surface area contributed by atoms with E-state index >= 15 is 0 Å². The summed E-state index contributed by atoms with van der Waals surface area (Å²) in [5.74, 6) is -0.298. The van der Waals surface area contributed by atoms with Gasteiger partial charge in [0.2, 0.25) is 5.76 Å². The number of carboxylic acid groups (broad SMARTS) is 1. The van der Waals surface area contributed by atoms with Crippen LogP contribution in [-0.2, 0) is 19.4 Å². The lowest BCUT2D eigenvalue weighted by Crippen LogP contribution is -2.24. The number of hydrogen-bond donors (Lipinski definition) is 1. The Bertz CT molecular complexity index is 1330. The van der Waals surface area contributed by atoms with Crippen molar-refractivity contribution in [3.8, 4) is 11.4 Å². The third-order valence-corrected chi connectivity index (χ3v) is 6.47. The largest absolute Gasteiger partial charge is 0.475 e. The lowest BCUT2D eigenvalue weighted by atomic mass is 10.1. The smallest absolute Gasteiger partial charge is 0.371 e. The van der Waals surface area contributed by atoms with Crippen LogP contribution in [-0.4, -0.2) is 20.6 Å². The first-order valence-corrected chi connectivity index (χ1v) is 10.3. The number of aromatic nitrogens is 2. The van der Waals surface area contributed by atoms with E-state index in [0.717, 1.165) is 40.8 Å². The molecule has 0 fully saturated rings. The number of nitrogens with zero attached hydrogens (tertiary/aromatic N) is 2. The van der Waals surface area contributed by atoms with Crippen LogP contribution in [0.5, 0.6) is 0 Å². The van der Waals surface area contributed by atoms with Gasteiger partial charge in [0.25, 0.3) is 5.56 Å². The summed E-state index contributed by atoms with van der Waals surface area (Å²) in [6.45, 7) is 2.12. The van der Waals surface area contributed by atoms with Crippen LogP contribution in [0.4, 0.5) is 0 Å². The van der Waals surface area contributed by atoms with Gasteiger partial charge in [-0.15, -0.1) is 11.3 Å². The van der Waals surface area contributed by atoms with Crippen molar-refractivity contribution in [1.29, 1.82) is 0 Å². The van der Waals surface area contributed by atoms with E-state index in [1.54, 1.807) is 22.0 Å². The van der Waals surface area contributed by atoms with Gasteiger partial charge >= 0.3 is 5.97 Å². The molecule has 0 radical (unpaired) electrons. The molecule has 7 heteroatoms. The summed E-state index contributed by atoms with van der Waals surface area (Å²) in [5.41, 5.74) is 2.95. The van der Waals surface area contributed by atoms with Crippen molar-refractivity contribution in [2.75, 3.05) is 0 Å². The summed E-state index contributed by atoms with van der Waals surface area (Å²) in [5, 5.41) is 9.83. The fourth-order valence-electron chi connectivity index (χ4n) is 3.96. The molecule has 29 heavy (non-hydrogen) atoms. The van der Waals surface area contributed by atoms with E-state index in [1.165, 1.54) is 10.9 Å². The van der Waals surface area contributed by atoms with Crippen LogP contribution in [0.3, 0.4) is 0 Å². The van der Waals surface area contributed by atoms with Gasteiger partial charge in [-0.25, -0.2) is 9.78 Å². The first-order valence-electron chi connectivity index (χ1n) is 9.45. The van der Waals surface area contributed by atoms with Gasteiger partial charge < -0.3 is 9.52 Å². The van der Waals surface area contributed by atoms with Gasteiger partial charge in [0, 0.05) is 10.4 Å². The summed E-state index contributed by atoms with van der Waals surface area (Å²) in [4.78, 5) is 31.6. The molecule has 1 N–H and O–H groups in total. The minimum absolute atomic E-state index is 0.0980. The average Bonchev–Trinajstić information content (AvgIpc) is 3.39. The number of benzene rings is 1. The van der Waals surface area contributed by atoms with E-state index in [2.05, 4.69) is 0 Å². The van der Waals surface area contributed by atoms with Crippen LogP contribution in [0, 0.1) is 6.92 Å². The Balaban J connectivity index is 1.74. The van der Waals surface area contributed by atoms with Gasteiger partial charge in [-0.05, 0) is 49.9 Å². The molecule has 0 atom stereocenters. The summed E-state index contributed by atoms with van der Waals surface area (Å²) >= 11 is 1.61. The summed E-state index contributed by atoms with van der Waals surface area (Å²) < 4.78 is 7.02. The Morgan fingerprint density at radius 1 is 1.28 bits per heavy atom. The molecule has 0 amide bonds. The topological polar surface area (TPSA) is 85.3 Å². The van der Waals surface area contributed by atoms with Crippen molar-refractivity contribution in [1.82, 2.24) is 9.55 Å². The van der Waals surface area contributed by atoms with Crippen LogP contribution in [0.15, 0.2) is 45.6 Å². The lowest BCUT2D eigenvalue weighted by molar-refractivity contribution is 0.0660. The van der Waals surface area contributed by atoms with Crippen molar-refractivity contribution < 1.29 is 14.3 Å². The zero-order valence-electron chi connectivity index (χ0n) is 15.8. The SMILES string of the molecule is Cc1cccc(-c2nc3sc4c(c3c(=O)n2Cc2ccc(C(=O)O)o2)CCC4)c1. The second kappa shape index (κ2) is 6.70. The molecule has 4 aromatic rings. The van der Waals surface area contributed by atoms with Crippen molar-refractivity contribution in [3.63, 3.8) is 0 Å². The van der Waals surface area contributed by atoms with Gasteiger partial charge in [-0.1, -0.05) is 23.8 Å². The summed E-state index contributed by atoms with van der Waals surface area (Å²) in [6, 6.07) is 10.9. The number of thiophene rings is 1. The Hall–Kier alpha value is -3.19. The molecule has 3 heterocycles. The maximum absolute atomic E-state index is 13.5. The number of carbonyl (C=O) groups is 1. The maximum atomic E-state index is 13.5. The Morgan fingerprint density at radius 2 is 2.14 bits per heavy atom. The average molecular weight is 406 g/mol. The van der Waals surface area contributed by atoms with Gasteiger partial charge in [0.15, 0.2) is 0 Å². The molecular formula is C22H18N2O4S. The van der Waals surface area contributed by atoms with Crippen molar-refractivity contribution in [3.05, 3.63) is 74.3 Å². The normalized spacial score (nSPS) is 13.1. The number of fused-ring (bicyclic) bond motifs is 3. The Morgan fingerprint density at radius 3 is 2.90 bits per heavy atom. The van der Waals surface area contributed by atoms with Crippen molar-refractivity contribution in [2.45, 2.75) is 32.7 Å². The van der Waals surface area contributed by atoms with Crippen LogP contribution < -0.4 is 5.56 Å². The standard InChI is InChI=1S/C22H18N2O4S/c1-12-4-2-5-13(10-12)19-23-20-18(15-6-3-7-17(15)29-20)21(25)24(19)11-14-8-9-16(28-14)22(26)27/h2,4-5,8-10H,3,6-7,11H2,1H3,(H,26,27). The first-order chi connectivity index (χ1) is 14.0. The molecule has 0 saturated heterocycles. The minimum atomic E-state index is -1.13. The maximum Gasteiger partial charge on any atom is 0.371 e. The molecular weight excluding hydrogens is 388 g/mol. The number of rotatable bonds is 4. The molecule has 146 valence electrons. The summed E-state index contributed by atoms with van der Waals surface area (Å²) in [7, 11) is 0. The van der Waals surface area contributed by atoms with Crippen LogP contribution in [0.2, 0.25) is 0 Å². The lowest BCUT2D eigenvalue weighted by Gasteiger charge is -2.12. The van der Waals surface area contributed by atoms with E-state index in [4.69, 9.17) is 14.5 Å². The van der Waals surface area contributed by atoms with Gasteiger partial charge in [-0.2, -0.15) is 0 Å². The number of aryl methyl sites for hydroxylation is 3. The third-order valence-electron chi connectivity index (χ3n) is 5.29. The third kappa shape index (κ3) is 2.98. The van der Waals surface area contributed by atoms with Gasteiger partial charge in [-0.3, -0.25) is 9.36 Å². The Kier molecular flexibility index (Phi) is 4.13. The zero-order chi connectivity index (χ0) is 20.1. The molecule has 1 aromatic carbocycles. The Labute approximate surface area is 170 Å². The fourth-order valence-corrected chi connectivity index (χ4v) is 5.21. The van der Waals surface area contributed by atoms with Crippen LogP contribution in [0.1, 0.15) is 38.7 Å². The molecule has 0 saturated carbocycles. The van der Waals surface area contributed by atoms with Gasteiger partial charge in [0.05, 0.1) is 11.9 Å². The second-order valence-electron chi connectivity index (χ2n) is 7.30. The van der Waals surface area contributed by atoms with E-state index in [9.17, 15) is 9.59 Å². The molecule has 3 aromatic heterocycles. The zero-order valence-corrected chi connectivity index (χ0v) is 16.6. The minimum Gasteiger partial charge on any atom is -0.475 e. The highest BCUT2D eigenvalue weighted by atomic mass is 32.1. The predicted octanol–water partition coefficient (Wildman–Crippen LogP) is 4.26. The van der Waals surface area contributed by atoms with E-state index in [1.807, 2.05) is 31.2 Å². The molecule has 6 nitrogen and oxygen atoms in total. The van der Waals surface area contributed by atoms with E-state index in [-0.39, 0.29) is 17.9 Å². The molecule has 0 aliphatic heterocycles. The highest BCUT2D eigenvalue weighted by molar-refractivity contribution is 7.18. The van der Waals surface area contributed by atoms with Crippen LogP contribution >= 0.6 is 11.3 Å². The highest BCUT2D eigenvalue weighted by Gasteiger charge is 2.24. The monoisotopic (exact) mass is 406 g/mol. The first kappa shape index (κ1) is 17.9. The molecule has 5 rings (SSSR count). The van der Waals surface area contributed by atoms with E-state index in [0.29, 0.717) is 17.0 Å². The summed E-state index contributed by atoms with van der Waals surface area (Å²) in [6.07, 6.45) is 2.96. The number of aromatic carboxylic acids is 1. The molecule has 0 spiro atoms. The van der Waals surface area contributed by atoms with Crippen LogP contribution in [0.25, 0.3) is 21.6 Å². The number of hydrogen-bond acceptors (Lipinski definition) is 5. The fraction of sp³-hybridized carbons (Fsp3) is 0.227. The number of carboxylic acids is 1. The highest BCUT2D eigenvalue weighted by Crippen LogP contribution is 2.36.